The lowest BCUT2D eigenvalue weighted by atomic mass is 9.49. The fourth-order valence-corrected chi connectivity index (χ4v) is 6.61. The molecule has 1 saturated heterocycles. The van der Waals surface area contributed by atoms with E-state index in [4.69, 9.17) is 0 Å². The Hall–Kier alpha value is -0.610. The van der Waals surface area contributed by atoms with Crippen molar-refractivity contribution in [3.8, 4) is 0 Å². The molecule has 4 bridgehead atoms. The van der Waals surface area contributed by atoms with Crippen molar-refractivity contribution in [1.29, 1.82) is 0 Å². The molecule has 1 aliphatic heterocycles. The maximum atomic E-state index is 12.9. The zero-order valence-corrected chi connectivity index (χ0v) is 15.0. The molecule has 4 heteroatoms. The van der Waals surface area contributed by atoms with Gasteiger partial charge in [0.05, 0.1) is 6.61 Å². The number of aliphatic hydroxyl groups is 1. The summed E-state index contributed by atoms with van der Waals surface area (Å²) >= 11 is 0. The lowest BCUT2D eigenvalue weighted by Crippen LogP contribution is -2.53. The smallest absolute Gasteiger partial charge is 0.226 e. The van der Waals surface area contributed by atoms with Crippen LogP contribution >= 0.6 is 0 Å². The number of nitrogens with zero attached hydrogens (tertiary/aromatic N) is 1. The van der Waals surface area contributed by atoms with Gasteiger partial charge in [-0.05, 0) is 95.1 Å². The molecule has 5 fully saturated rings. The van der Waals surface area contributed by atoms with E-state index < -0.39 is 0 Å². The van der Waals surface area contributed by atoms with Gasteiger partial charge in [-0.1, -0.05) is 0 Å². The molecule has 1 atom stereocenters. The molecule has 5 aliphatic rings. The number of rotatable bonds is 7. The summed E-state index contributed by atoms with van der Waals surface area (Å²) in [5, 5.41) is 12.6. The van der Waals surface area contributed by atoms with E-state index >= 15 is 0 Å². The zero-order valence-electron chi connectivity index (χ0n) is 15.0. The molecule has 4 saturated carbocycles. The Balaban J connectivity index is 1.19. The predicted molar refractivity (Wildman–Crippen MR) is 94.5 cm³/mol. The van der Waals surface area contributed by atoms with Crippen molar-refractivity contribution in [3.05, 3.63) is 0 Å². The minimum atomic E-state index is 0.00564. The first-order valence-corrected chi connectivity index (χ1v) is 10.3. The third-order valence-corrected chi connectivity index (χ3v) is 7.39. The summed E-state index contributed by atoms with van der Waals surface area (Å²) in [5.41, 5.74) is 0.00564. The van der Waals surface area contributed by atoms with Crippen molar-refractivity contribution in [3.63, 3.8) is 0 Å². The molecule has 1 heterocycles. The molecule has 0 aromatic heterocycles. The van der Waals surface area contributed by atoms with Crippen LogP contribution in [0.2, 0.25) is 0 Å². The highest BCUT2D eigenvalue weighted by atomic mass is 16.3. The maximum absolute atomic E-state index is 12.9. The van der Waals surface area contributed by atoms with E-state index in [0.29, 0.717) is 18.6 Å². The van der Waals surface area contributed by atoms with Gasteiger partial charge in [-0.3, -0.25) is 9.69 Å². The number of carbonyl (C=O) groups excluding carboxylic acids is 1. The monoisotopic (exact) mass is 334 g/mol. The van der Waals surface area contributed by atoms with Crippen molar-refractivity contribution < 1.29 is 9.90 Å². The molecule has 5 rings (SSSR count). The van der Waals surface area contributed by atoms with Gasteiger partial charge in [0.2, 0.25) is 5.91 Å². The third-order valence-electron chi connectivity index (χ3n) is 7.39. The van der Waals surface area contributed by atoms with E-state index in [9.17, 15) is 9.90 Å². The molecule has 0 aromatic carbocycles. The Labute approximate surface area is 146 Å². The molecule has 1 amide bonds. The summed E-state index contributed by atoms with van der Waals surface area (Å²) in [7, 11) is 0. The van der Waals surface area contributed by atoms with Gasteiger partial charge in [0, 0.05) is 18.0 Å². The minimum absolute atomic E-state index is 0.00564. The van der Waals surface area contributed by atoms with Crippen molar-refractivity contribution in [2.45, 2.75) is 70.3 Å². The van der Waals surface area contributed by atoms with E-state index in [1.165, 1.54) is 25.7 Å². The first kappa shape index (κ1) is 16.8. The second kappa shape index (κ2) is 6.95. The summed E-state index contributed by atoms with van der Waals surface area (Å²) < 4.78 is 0. The van der Waals surface area contributed by atoms with Crippen molar-refractivity contribution in [2.75, 3.05) is 26.2 Å². The highest BCUT2D eigenvalue weighted by Gasteiger charge is 2.54. The normalized spacial score (nSPS) is 41.0. The quantitative estimate of drug-likeness (QED) is 0.704. The Morgan fingerprint density at radius 3 is 2.38 bits per heavy atom. The summed E-state index contributed by atoms with van der Waals surface area (Å²) in [6.07, 6.45) is 12.2. The van der Waals surface area contributed by atoms with Crippen LogP contribution in [0, 0.1) is 23.2 Å². The van der Waals surface area contributed by atoms with Crippen molar-refractivity contribution in [2.24, 2.45) is 23.2 Å². The van der Waals surface area contributed by atoms with Gasteiger partial charge in [0.1, 0.15) is 0 Å². The fourth-order valence-electron chi connectivity index (χ4n) is 6.61. The van der Waals surface area contributed by atoms with Crippen LogP contribution in [0.4, 0.5) is 0 Å². The lowest BCUT2D eigenvalue weighted by molar-refractivity contribution is -0.146. The standard InChI is InChI=1S/C20H34N2O2/c23-14-18-4-3-7-22(18)6-2-1-5-21-19(24)20-11-15-8-16(12-20)10-17(9-15)13-20/h15-18,23H,1-14H2,(H,21,24). The van der Waals surface area contributed by atoms with E-state index in [-0.39, 0.29) is 5.41 Å². The summed E-state index contributed by atoms with van der Waals surface area (Å²) in [6.45, 7) is 3.32. The Bertz CT molecular complexity index is 429. The average molecular weight is 335 g/mol. The van der Waals surface area contributed by atoms with Crippen LogP contribution in [-0.4, -0.2) is 48.2 Å². The number of likely N-dealkylation sites (tertiary alicyclic amines) is 1. The largest absolute Gasteiger partial charge is 0.395 e. The Morgan fingerprint density at radius 1 is 1.08 bits per heavy atom. The average Bonchev–Trinajstić information content (AvgIpc) is 3.00. The third kappa shape index (κ3) is 3.24. The molecule has 136 valence electrons. The predicted octanol–water partition coefficient (Wildman–Crippen LogP) is 2.56. The van der Waals surface area contributed by atoms with Gasteiger partial charge in [-0.15, -0.1) is 0 Å². The van der Waals surface area contributed by atoms with Gasteiger partial charge in [0.15, 0.2) is 0 Å². The minimum Gasteiger partial charge on any atom is -0.395 e. The first-order chi connectivity index (χ1) is 11.7. The van der Waals surface area contributed by atoms with Crippen LogP contribution in [0.1, 0.15) is 64.2 Å². The molecule has 0 spiro atoms. The number of unbranched alkanes of at least 4 members (excludes halogenated alkanes) is 1. The molecular weight excluding hydrogens is 300 g/mol. The van der Waals surface area contributed by atoms with Crippen LogP contribution in [-0.2, 0) is 4.79 Å². The van der Waals surface area contributed by atoms with Gasteiger partial charge in [-0.25, -0.2) is 0 Å². The van der Waals surface area contributed by atoms with Crippen LogP contribution in [0.3, 0.4) is 0 Å². The number of aliphatic hydroxyl groups excluding tert-OH is 1. The van der Waals surface area contributed by atoms with E-state index in [1.54, 1.807) is 0 Å². The maximum Gasteiger partial charge on any atom is 0.226 e. The number of carbonyl (C=O) groups is 1. The molecule has 4 aliphatic carbocycles. The van der Waals surface area contributed by atoms with Gasteiger partial charge in [0.25, 0.3) is 0 Å². The van der Waals surface area contributed by atoms with Gasteiger partial charge in [-0.2, -0.15) is 0 Å². The van der Waals surface area contributed by atoms with Crippen molar-refractivity contribution >= 4 is 5.91 Å². The van der Waals surface area contributed by atoms with E-state index in [1.807, 2.05) is 0 Å². The molecule has 4 nitrogen and oxygen atoms in total. The number of nitrogens with one attached hydrogen (secondary N) is 1. The molecule has 2 N–H and O–H groups in total. The van der Waals surface area contributed by atoms with Crippen molar-refractivity contribution in [1.82, 2.24) is 10.2 Å². The number of hydrogen-bond acceptors (Lipinski definition) is 3. The van der Waals surface area contributed by atoms with Crippen LogP contribution in [0.15, 0.2) is 0 Å². The van der Waals surface area contributed by atoms with Crippen LogP contribution in [0.25, 0.3) is 0 Å². The number of amides is 1. The first-order valence-electron chi connectivity index (χ1n) is 10.3. The van der Waals surface area contributed by atoms with Gasteiger partial charge >= 0.3 is 0 Å². The Kier molecular flexibility index (Phi) is 4.88. The second-order valence-electron chi connectivity index (χ2n) is 9.18. The summed E-state index contributed by atoms with van der Waals surface area (Å²) in [4.78, 5) is 15.3. The van der Waals surface area contributed by atoms with E-state index in [2.05, 4.69) is 10.2 Å². The topological polar surface area (TPSA) is 52.6 Å². The lowest BCUT2D eigenvalue weighted by Gasteiger charge is -2.55. The highest BCUT2D eigenvalue weighted by molar-refractivity contribution is 5.83. The number of hydrogen-bond donors (Lipinski definition) is 2. The summed E-state index contributed by atoms with van der Waals surface area (Å²) in [5.74, 6) is 2.89. The van der Waals surface area contributed by atoms with Gasteiger partial charge < -0.3 is 10.4 Å². The molecule has 24 heavy (non-hydrogen) atoms. The Morgan fingerprint density at radius 2 is 1.75 bits per heavy atom. The molecular formula is C20H34N2O2. The summed E-state index contributed by atoms with van der Waals surface area (Å²) in [6, 6.07) is 0.381. The molecule has 1 unspecified atom stereocenters. The van der Waals surface area contributed by atoms with Crippen LogP contribution < -0.4 is 5.32 Å². The zero-order chi connectivity index (χ0) is 16.6. The molecule has 0 aromatic rings. The SMILES string of the molecule is O=C(NCCCCN1CCCC1CO)C12CC3CC(CC(C3)C1)C2. The highest BCUT2D eigenvalue weighted by Crippen LogP contribution is 2.60. The van der Waals surface area contributed by atoms with Crippen LogP contribution in [0.5, 0.6) is 0 Å². The second-order valence-corrected chi connectivity index (χ2v) is 9.18. The van der Waals surface area contributed by atoms with E-state index in [0.717, 1.165) is 75.9 Å². The fraction of sp³-hybridized carbons (Fsp3) is 0.950. The molecule has 0 radical (unpaired) electrons.